The van der Waals surface area contributed by atoms with Crippen molar-refractivity contribution < 1.29 is 32.2 Å². The van der Waals surface area contributed by atoms with E-state index in [2.05, 4.69) is 4.42 Å². The zero-order valence-corrected chi connectivity index (χ0v) is 15.9. The van der Waals surface area contributed by atoms with Crippen molar-refractivity contribution in [2.24, 2.45) is 0 Å². The second kappa shape index (κ2) is 7.59. The second-order valence-corrected chi connectivity index (χ2v) is 12.4. The third-order valence-electron chi connectivity index (χ3n) is 4.52. The summed E-state index contributed by atoms with van der Waals surface area (Å²) < 4.78 is 50.1. The SMILES string of the molecule is CC(C)[Si](OCc1cc(C(O)O)oc1C(F)(F)F)(C(C)C)C(C)C. The van der Waals surface area contributed by atoms with E-state index in [9.17, 15) is 13.2 Å². The molecule has 1 rings (SSSR count). The lowest BCUT2D eigenvalue weighted by molar-refractivity contribution is -0.157. The van der Waals surface area contributed by atoms with Gasteiger partial charge in [-0.2, -0.15) is 13.2 Å². The van der Waals surface area contributed by atoms with Crippen LogP contribution < -0.4 is 0 Å². The molecule has 0 aromatic carbocycles. The lowest BCUT2D eigenvalue weighted by Gasteiger charge is -2.42. The van der Waals surface area contributed by atoms with E-state index in [0.717, 1.165) is 6.07 Å². The molecular formula is C16H27F3O4Si. The number of halogens is 3. The van der Waals surface area contributed by atoms with Crippen molar-refractivity contribution in [1.29, 1.82) is 0 Å². The predicted molar refractivity (Wildman–Crippen MR) is 86.7 cm³/mol. The topological polar surface area (TPSA) is 62.8 Å². The number of hydrogen-bond donors (Lipinski definition) is 2. The third-order valence-corrected chi connectivity index (χ3v) is 10.6. The van der Waals surface area contributed by atoms with Crippen LogP contribution in [-0.4, -0.2) is 18.5 Å². The minimum Gasteiger partial charge on any atom is -0.451 e. The average molecular weight is 368 g/mol. The molecule has 0 radical (unpaired) electrons. The lowest BCUT2D eigenvalue weighted by Crippen LogP contribution is -2.47. The van der Waals surface area contributed by atoms with Crippen LogP contribution in [0.25, 0.3) is 0 Å². The first-order valence-corrected chi connectivity index (χ1v) is 10.2. The van der Waals surface area contributed by atoms with Gasteiger partial charge >= 0.3 is 6.18 Å². The van der Waals surface area contributed by atoms with E-state index in [1.807, 2.05) is 41.5 Å². The van der Waals surface area contributed by atoms with E-state index < -0.39 is 32.3 Å². The fourth-order valence-electron chi connectivity index (χ4n) is 3.63. The maximum Gasteiger partial charge on any atom is 0.449 e. The Hall–Kier alpha value is -0.833. The minimum absolute atomic E-state index is 0.204. The Kier molecular flexibility index (Phi) is 6.71. The summed E-state index contributed by atoms with van der Waals surface area (Å²) in [5, 5.41) is 18.2. The highest BCUT2D eigenvalue weighted by Gasteiger charge is 2.46. The Bertz CT molecular complexity index is 514. The van der Waals surface area contributed by atoms with Gasteiger partial charge in [0, 0.05) is 5.56 Å². The van der Waals surface area contributed by atoms with E-state index in [1.165, 1.54) is 0 Å². The van der Waals surface area contributed by atoms with Gasteiger partial charge < -0.3 is 19.1 Å². The van der Waals surface area contributed by atoms with Crippen LogP contribution in [0.3, 0.4) is 0 Å². The summed E-state index contributed by atoms with van der Waals surface area (Å²) in [6.45, 7) is 12.0. The Morgan fingerprint density at radius 3 is 1.83 bits per heavy atom. The Balaban J connectivity index is 3.20. The van der Waals surface area contributed by atoms with Gasteiger partial charge in [0.05, 0.1) is 6.61 Å². The molecule has 0 fully saturated rings. The van der Waals surface area contributed by atoms with Crippen molar-refractivity contribution in [2.45, 2.75) is 77.2 Å². The maximum absolute atomic E-state index is 13.1. The molecular weight excluding hydrogens is 341 g/mol. The van der Waals surface area contributed by atoms with Crippen molar-refractivity contribution >= 4 is 8.32 Å². The van der Waals surface area contributed by atoms with Gasteiger partial charge in [-0.25, -0.2) is 0 Å². The van der Waals surface area contributed by atoms with Gasteiger partial charge in [-0.15, -0.1) is 0 Å². The fraction of sp³-hybridized carbons (Fsp3) is 0.750. The van der Waals surface area contributed by atoms with Gasteiger partial charge in [0.25, 0.3) is 0 Å². The molecule has 0 atom stereocenters. The molecule has 1 heterocycles. The van der Waals surface area contributed by atoms with Crippen molar-refractivity contribution in [2.75, 3.05) is 0 Å². The predicted octanol–water partition coefficient (Wildman–Crippen LogP) is 4.97. The standard InChI is InChI=1S/C16H27F3O4Si/c1-9(2)24(10(3)4,11(5)6)22-8-12-7-13(15(20)21)23-14(12)16(17,18)19/h7,9-11,15,20-21H,8H2,1-6H3. The maximum atomic E-state index is 13.1. The molecule has 8 heteroatoms. The van der Waals surface area contributed by atoms with E-state index in [1.54, 1.807) is 0 Å². The van der Waals surface area contributed by atoms with E-state index in [4.69, 9.17) is 14.6 Å². The number of hydrogen-bond acceptors (Lipinski definition) is 4. The van der Waals surface area contributed by atoms with Crippen LogP contribution in [0.2, 0.25) is 16.6 Å². The molecule has 0 aliphatic heterocycles. The fourth-order valence-corrected chi connectivity index (χ4v) is 9.03. The van der Waals surface area contributed by atoms with Crippen molar-refractivity contribution in [3.63, 3.8) is 0 Å². The van der Waals surface area contributed by atoms with Gasteiger partial charge in [-0.3, -0.25) is 0 Å². The largest absolute Gasteiger partial charge is 0.451 e. The molecule has 0 saturated carbocycles. The smallest absolute Gasteiger partial charge is 0.449 e. The van der Waals surface area contributed by atoms with Crippen LogP contribution in [0, 0.1) is 0 Å². The summed E-state index contributed by atoms with van der Waals surface area (Å²) in [5.41, 5.74) is 0.467. The average Bonchev–Trinajstić information content (AvgIpc) is 2.82. The monoisotopic (exact) mass is 368 g/mol. The third kappa shape index (κ3) is 4.22. The first-order valence-electron chi connectivity index (χ1n) is 8.03. The van der Waals surface area contributed by atoms with Crippen molar-refractivity contribution in [3.05, 3.63) is 23.2 Å². The van der Waals surface area contributed by atoms with Crippen LogP contribution in [0.4, 0.5) is 13.2 Å². The van der Waals surface area contributed by atoms with Gasteiger partial charge in [-0.1, -0.05) is 41.5 Å². The number of alkyl halides is 3. The molecule has 1 aromatic heterocycles. The molecule has 1 aromatic rings. The summed E-state index contributed by atoms with van der Waals surface area (Å²) in [7, 11) is -2.34. The van der Waals surface area contributed by atoms with E-state index in [0.29, 0.717) is 0 Å². The number of aliphatic hydroxyl groups is 2. The number of furan rings is 1. The molecule has 0 spiro atoms. The molecule has 0 aliphatic carbocycles. The summed E-state index contributed by atoms with van der Waals surface area (Å²) in [5.74, 6) is -1.77. The van der Waals surface area contributed by atoms with Crippen LogP contribution in [-0.2, 0) is 17.2 Å². The first-order chi connectivity index (χ1) is 10.8. The molecule has 24 heavy (non-hydrogen) atoms. The highest BCUT2D eigenvalue weighted by molar-refractivity contribution is 6.77. The van der Waals surface area contributed by atoms with Crippen molar-refractivity contribution in [3.8, 4) is 0 Å². The van der Waals surface area contributed by atoms with Gasteiger partial charge in [-0.05, 0) is 22.7 Å². The normalized spacial score (nSPS) is 13.8. The number of aliphatic hydroxyl groups excluding tert-OH is 1. The molecule has 2 N–H and O–H groups in total. The van der Waals surface area contributed by atoms with Crippen LogP contribution in [0.15, 0.2) is 10.5 Å². The summed E-state index contributed by atoms with van der Waals surface area (Å²) in [6.07, 6.45) is -6.81. The highest BCUT2D eigenvalue weighted by atomic mass is 28.4. The van der Waals surface area contributed by atoms with Crippen LogP contribution >= 0.6 is 0 Å². The summed E-state index contributed by atoms with van der Waals surface area (Å²) in [4.78, 5) is 0. The molecule has 0 saturated heterocycles. The zero-order valence-electron chi connectivity index (χ0n) is 14.9. The van der Waals surface area contributed by atoms with Crippen LogP contribution in [0.5, 0.6) is 0 Å². The molecule has 0 aliphatic rings. The second-order valence-electron chi connectivity index (χ2n) is 6.98. The van der Waals surface area contributed by atoms with Crippen molar-refractivity contribution in [1.82, 2.24) is 0 Å². The molecule has 0 amide bonds. The summed E-state index contributed by atoms with van der Waals surface area (Å²) in [6, 6.07) is 1.01. The zero-order chi connectivity index (χ0) is 18.9. The quantitative estimate of drug-likeness (QED) is 0.527. The molecule has 0 unspecified atom stereocenters. The van der Waals surface area contributed by atoms with Gasteiger partial charge in [0.2, 0.25) is 20.4 Å². The molecule has 140 valence electrons. The molecule has 4 nitrogen and oxygen atoms in total. The lowest BCUT2D eigenvalue weighted by atomic mass is 10.2. The van der Waals surface area contributed by atoms with E-state index in [-0.39, 0.29) is 28.8 Å². The highest BCUT2D eigenvalue weighted by Crippen LogP contribution is 2.44. The summed E-state index contributed by atoms with van der Waals surface area (Å²) >= 11 is 0. The first kappa shape index (κ1) is 21.2. The Morgan fingerprint density at radius 2 is 1.50 bits per heavy atom. The Labute approximate surface area is 141 Å². The van der Waals surface area contributed by atoms with Gasteiger partial charge in [0.1, 0.15) is 0 Å². The Morgan fingerprint density at radius 1 is 1.04 bits per heavy atom. The van der Waals surface area contributed by atoms with Gasteiger partial charge in [0.15, 0.2) is 5.76 Å². The minimum atomic E-state index is -4.72. The van der Waals surface area contributed by atoms with Crippen LogP contribution in [0.1, 0.15) is 64.9 Å². The molecule has 0 bridgehead atoms. The number of rotatable bonds is 7. The van der Waals surface area contributed by atoms with E-state index >= 15 is 0 Å².